The minimum atomic E-state index is -4.11. The molecule has 0 spiro atoms. The van der Waals surface area contributed by atoms with Crippen molar-refractivity contribution in [2.24, 2.45) is 0 Å². The zero-order valence-electron chi connectivity index (χ0n) is 11.7. The molecule has 6 heteroatoms. The summed E-state index contributed by atoms with van der Waals surface area (Å²) >= 11 is 0. The summed E-state index contributed by atoms with van der Waals surface area (Å²) < 4.78 is 35.9. The first kappa shape index (κ1) is 15.8. The summed E-state index contributed by atoms with van der Waals surface area (Å²) in [5.41, 5.74) is 2.33. The molecule has 2 N–H and O–H groups in total. The van der Waals surface area contributed by atoms with Crippen LogP contribution in [0.2, 0.25) is 0 Å². The van der Waals surface area contributed by atoms with Gasteiger partial charge in [-0.2, -0.15) is 13.2 Å². The van der Waals surface area contributed by atoms with E-state index in [-0.39, 0.29) is 24.9 Å². The fraction of sp³-hybridized carbons (Fsp3) is 0.533. The highest BCUT2D eigenvalue weighted by Crippen LogP contribution is 2.22. The summed E-state index contributed by atoms with van der Waals surface area (Å²) in [5.74, 6) is -0.142. The first-order valence-electron chi connectivity index (χ1n) is 7.10. The second-order valence-electron chi connectivity index (χ2n) is 5.27. The summed E-state index contributed by atoms with van der Waals surface area (Å²) in [6.45, 7) is 0.928. The molecule has 1 aliphatic rings. The SMILES string of the molecule is O=C(NCCCCC(F)(F)F)[C@@H]1Cc2ccccc2CN1. The van der Waals surface area contributed by atoms with Gasteiger partial charge in [0.2, 0.25) is 5.91 Å². The monoisotopic (exact) mass is 300 g/mol. The molecule has 1 aromatic carbocycles. The van der Waals surface area contributed by atoms with Gasteiger partial charge in [-0.1, -0.05) is 24.3 Å². The van der Waals surface area contributed by atoms with E-state index in [0.717, 1.165) is 5.56 Å². The van der Waals surface area contributed by atoms with E-state index in [1.807, 2.05) is 24.3 Å². The standard InChI is InChI=1S/C15H19F3N2O/c16-15(17,18)7-3-4-8-19-14(21)13-9-11-5-1-2-6-12(11)10-20-13/h1-2,5-6,13,20H,3-4,7-10H2,(H,19,21)/t13-/m0/s1. The van der Waals surface area contributed by atoms with Crippen molar-refractivity contribution < 1.29 is 18.0 Å². The maximum Gasteiger partial charge on any atom is 0.389 e. The number of hydrogen-bond donors (Lipinski definition) is 2. The quantitative estimate of drug-likeness (QED) is 0.821. The first-order chi connectivity index (χ1) is 9.96. The van der Waals surface area contributed by atoms with Crippen molar-refractivity contribution in [1.82, 2.24) is 10.6 Å². The van der Waals surface area contributed by atoms with Gasteiger partial charge in [-0.3, -0.25) is 4.79 Å². The van der Waals surface area contributed by atoms with Crippen LogP contribution in [0.15, 0.2) is 24.3 Å². The molecule has 0 fully saturated rings. The Morgan fingerprint density at radius 3 is 2.67 bits per heavy atom. The Labute approximate surface area is 121 Å². The van der Waals surface area contributed by atoms with Crippen molar-refractivity contribution in [2.45, 2.75) is 44.4 Å². The van der Waals surface area contributed by atoms with Crippen LogP contribution in [-0.4, -0.2) is 24.7 Å². The molecule has 1 heterocycles. The van der Waals surface area contributed by atoms with E-state index in [9.17, 15) is 18.0 Å². The normalized spacial score (nSPS) is 18.1. The fourth-order valence-electron chi connectivity index (χ4n) is 2.42. The van der Waals surface area contributed by atoms with Gasteiger partial charge < -0.3 is 10.6 Å². The molecule has 0 saturated carbocycles. The lowest BCUT2D eigenvalue weighted by molar-refractivity contribution is -0.135. The van der Waals surface area contributed by atoms with Crippen molar-refractivity contribution in [3.05, 3.63) is 35.4 Å². The molecule has 0 bridgehead atoms. The number of rotatable bonds is 5. The summed E-state index contributed by atoms with van der Waals surface area (Å²) in [6.07, 6.45) is -3.90. The lowest BCUT2D eigenvalue weighted by atomic mass is 9.95. The van der Waals surface area contributed by atoms with Crippen LogP contribution < -0.4 is 10.6 Å². The molecule has 1 atom stereocenters. The van der Waals surface area contributed by atoms with Gasteiger partial charge in [-0.05, 0) is 30.4 Å². The predicted molar refractivity (Wildman–Crippen MR) is 73.7 cm³/mol. The maximum absolute atomic E-state index is 12.0. The zero-order valence-corrected chi connectivity index (χ0v) is 11.7. The largest absolute Gasteiger partial charge is 0.389 e. The molecule has 0 radical (unpaired) electrons. The molecule has 0 saturated heterocycles. The Bertz CT molecular complexity index is 488. The molecule has 116 valence electrons. The molecule has 1 aliphatic heterocycles. The number of nitrogens with one attached hydrogen (secondary N) is 2. The topological polar surface area (TPSA) is 41.1 Å². The Morgan fingerprint density at radius 1 is 1.24 bits per heavy atom. The number of carbonyl (C=O) groups excluding carboxylic acids is 1. The minimum absolute atomic E-state index is 0.0463. The smallest absolute Gasteiger partial charge is 0.355 e. The summed E-state index contributed by atoms with van der Waals surface area (Å²) in [5, 5.41) is 5.85. The van der Waals surface area contributed by atoms with E-state index >= 15 is 0 Å². The maximum atomic E-state index is 12.0. The molecule has 1 amide bonds. The molecular formula is C15H19F3N2O. The van der Waals surface area contributed by atoms with E-state index in [4.69, 9.17) is 0 Å². The number of benzene rings is 1. The van der Waals surface area contributed by atoms with Crippen LogP contribution in [-0.2, 0) is 17.8 Å². The van der Waals surface area contributed by atoms with E-state index in [0.29, 0.717) is 19.4 Å². The summed E-state index contributed by atoms with van der Waals surface area (Å²) in [4.78, 5) is 12.0. The highest BCUT2D eigenvalue weighted by molar-refractivity contribution is 5.82. The molecule has 0 aliphatic carbocycles. The number of hydrogen-bond acceptors (Lipinski definition) is 2. The number of amides is 1. The van der Waals surface area contributed by atoms with Gasteiger partial charge in [0.1, 0.15) is 0 Å². The van der Waals surface area contributed by atoms with Crippen LogP contribution in [0.1, 0.15) is 30.4 Å². The van der Waals surface area contributed by atoms with Crippen molar-refractivity contribution in [2.75, 3.05) is 6.54 Å². The van der Waals surface area contributed by atoms with Crippen LogP contribution in [0.5, 0.6) is 0 Å². The number of carbonyl (C=O) groups is 1. The van der Waals surface area contributed by atoms with Gasteiger partial charge in [-0.25, -0.2) is 0 Å². The van der Waals surface area contributed by atoms with E-state index in [1.165, 1.54) is 5.56 Å². The lowest BCUT2D eigenvalue weighted by Crippen LogP contribution is -2.47. The van der Waals surface area contributed by atoms with Crippen LogP contribution in [0.4, 0.5) is 13.2 Å². The molecular weight excluding hydrogens is 281 g/mol. The van der Waals surface area contributed by atoms with E-state index in [1.54, 1.807) is 0 Å². The van der Waals surface area contributed by atoms with Crippen molar-refractivity contribution in [3.63, 3.8) is 0 Å². The lowest BCUT2D eigenvalue weighted by Gasteiger charge is -2.25. The van der Waals surface area contributed by atoms with Crippen LogP contribution in [0.25, 0.3) is 0 Å². The highest BCUT2D eigenvalue weighted by atomic mass is 19.4. The number of fused-ring (bicyclic) bond motifs is 1. The third-order valence-electron chi connectivity index (χ3n) is 3.58. The average Bonchev–Trinajstić information content (AvgIpc) is 2.45. The molecule has 0 unspecified atom stereocenters. The number of halogens is 3. The second kappa shape index (κ2) is 6.93. The van der Waals surface area contributed by atoms with E-state index < -0.39 is 12.6 Å². The van der Waals surface area contributed by atoms with Crippen LogP contribution >= 0.6 is 0 Å². The minimum Gasteiger partial charge on any atom is -0.355 e. The summed E-state index contributed by atoms with van der Waals surface area (Å²) in [7, 11) is 0. The number of unbranched alkanes of at least 4 members (excludes halogenated alkanes) is 1. The van der Waals surface area contributed by atoms with Crippen molar-refractivity contribution in [1.29, 1.82) is 0 Å². The summed E-state index contributed by atoms with van der Waals surface area (Å²) in [6, 6.07) is 7.62. The van der Waals surface area contributed by atoms with Gasteiger partial charge in [0, 0.05) is 19.5 Å². The van der Waals surface area contributed by atoms with Crippen LogP contribution in [0, 0.1) is 0 Å². The molecule has 2 rings (SSSR count). The van der Waals surface area contributed by atoms with Gasteiger partial charge in [0.15, 0.2) is 0 Å². The first-order valence-corrected chi connectivity index (χ1v) is 7.10. The Hall–Kier alpha value is -1.56. The molecule has 1 aromatic rings. The second-order valence-corrected chi connectivity index (χ2v) is 5.27. The van der Waals surface area contributed by atoms with Crippen LogP contribution in [0.3, 0.4) is 0 Å². The van der Waals surface area contributed by atoms with Crippen molar-refractivity contribution in [3.8, 4) is 0 Å². The predicted octanol–water partition coefficient (Wildman–Crippen LogP) is 2.55. The van der Waals surface area contributed by atoms with E-state index in [2.05, 4.69) is 10.6 Å². The fourth-order valence-corrected chi connectivity index (χ4v) is 2.42. The Morgan fingerprint density at radius 2 is 1.95 bits per heavy atom. The van der Waals surface area contributed by atoms with Gasteiger partial charge in [-0.15, -0.1) is 0 Å². The highest BCUT2D eigenvalue weighted by Gasteiger charge is 2.26. The third-order valence-corrected chi connectivity index (χ3v) is 3.58. The Balaban J connectivity index is 1.70. The average molecular weight is 300 g/mol. The third kappa shape index (κ3) is 5.04. The zero-order chi connectivity index (χ0) is 15.3. The number of alkyl halides is 3. The molecule has 0 aromatic heterocycles. The molecule has 21 heavy (non-hydrogen) atoms. The van der Waals surface area contributed by atoms with Gasteiger partial charge in [0.25, 0.3) is 0 Å². The van der Waals surface area contributed by atoms with Gasteiger partial charge in [0.05, 0.1) is 6.04 Å². The Kier molecular flexibility index (Phi) is 5.22. The van der Waals surface area contributed by atoms with Crippen molar-refractivity contribution >= 4 is 5.91 Å². The molecule has 3 nitrogen and oxygen atoms in total. The van der Waals surface area contributed by atoms with Gasteiger partial charge >= 0.3 is 6.18 Å².